The van der Waals surface area contributed by atoms with Gasteiger partial charge in [-0.25, -0.2) is 15.0 Å². The Morgan fingerprint density at radius 2 is 0.648 bits per heavy atom. The van der Waals surface area contributed by atoms with Gasteiger partial charge in [0.05, 0.1) is 11.0 Å². The van der Waals surface area contributed by atoms with Crippen LogP contribution >= 0.6 is 0 Å². The highest BCUT2D eigenvalue weighted by Crippen LogP contribution is 2.53. The summed E-state index contributed by atoms with van der Waals surface area (Å²) in [6.07, 6.45) is 3.65. The third-order valence-corrected chi connectivity index (χ3v) is 13.6. The van der Waals surface area contributed by atoms with Gasteiger partial charge in [-0.2, -0.15) is 8.78 Å². The van der Waals surface area contributed by atoms with E-state index in [2.05, 4.69) is 115 Å². The molecule has 5 nitrogen and oxygen atoms in total. The summed E-state index contributed by atoms with van der Waals surface area (Å²) < 4.78 is 34.4. The van der Waals surface area contributed by atoms with Gasteiger partial charge in [0.15, 0.2) is 17.5 Å². The van der Waals surface area contributed by atoms with Gasteiger partial charge in [0, 0.05) is 62.1 Å². The molecule has 3 aromatic heterocycles. The molecule has 0 N–H and O–H groups in total. The molecule has 334 valence electrons. The highest BCUT2D eigenvalue weighted by Gasteiger charge is 2.45. The first-order valence-electron chi connectivity index (χ1n) is 23.5. The zero-order valence-electron chi connectivity index (χ0n) is 38.0. The average Bonchev–Trinajstić information content (AvgIpc) is 3.67. The quantitative estimate of drug-likeness (QED) is 0.152. The van der Waals surface area contributed by atoms with E-state index in [4.69, 9.17) is 24.9 Å². The van der Waals surface area contributed by atoms with E-state index < -0.39 is 5.92 Å². The Morgan fingerprint density at radius 1 is 0.268 bits per heavy atom. The summed E-state index contributed by atoms with van der Waals surface area (Å²) in [6.45, 7) is 0. The molecule has 0 amide bonds. The zero-order valence-corrected chi connectivity index (χ0v) is 38.0. The number of pyridine rings is 2. The first kappa shape index (κ1) is 41.8. The Labute approximate surface area is 408 Å². The fraction of sp³-hybridized carbons (Fsp3) is 0.0156. The predicted molar refractivity (Wildman–Crippen MR) is 282 cm³/mol. The van der Waals surface area contributed by atoms with Gasteiger partial charge in [-0.05, 0) is 98.1 Å². The maximum atomic E-state index is 17.2. The number of hydrogen-bond acceptors (Lipinski definition) is 5. The summed E-state index contributed by atoms with van der Waals surface area (Å²) in [5, 5.41) is 2.16. The van der Waals surface area contributed by atoms with E-state index in [9.17, 15) is 0 Å². The number of alkyl halides is 2. The van der Waals surface area contributed by atoms with Crippen molar-refractivity contribution in [2.45, 2.75) is 5.92 Å². The predicted octanol–water partition coefficient (Wildman–Crippen LogP) is 16.4. The summed E-state index contributed by atoms with van der Waals surface area (Å²) in [6, 6.07) is 73.8. The van der Waals surface area contributed by atoms with E-state index in [0.717, 1.165) is 83.0 Å². The molecule has 1 aliphatic rings. The van der Waals surface area contributed by atoms with E-state index in [-0.39, 0.29) is 11.1 Å². The molecule has 0 aliphatic heterocycles. The average molecular weight is 916 g/mol. The normalized spacial score (nSPS) is 12.5. The number of aromatic nitrogens is 5. The van der Waals surface area contributed by atoms with E-state index in [0.29, 0.717) is 39.7 Å². The van der Waals surface area contributed by atoms with Gasteiger partial charge in [0.1, 0.15) is 0 Å². The number of para-hydroxylation sites is 2. The molecule has 3 heterocycles. The van der Waals surface area contributed by atoms with E-state index in [1.54, 1.807) is 18.2 Å². The van der Waals surface area contributed by atoms with Crippen molar-refractivity contribution in [3.63, 3.8) is 0 Å². The third-order valence-electron chi connectivity index (χ3n) is 13.6. The molecule has 7 heteroatoms. The Balaban J connectivity index is 0.894. The SMILES string of the molecule is FC1(F)c2cc(-c3cc(-c4ccc(-c5cccc6cccnc56)cc4)cc(-c4ccc(-c5cccc6cccnc56)cc4)c3)ccc2-c2ccc(-c3nc(-c4ccccc4)nc(-c4ccccc4)n3)cc21. The van der Waals surface area contributed by atoms with E-state index >= 15 is 8.78 Å². The van der Waals surface area contributed by atoms with Gasteiger partial charge in [-0.3, -0.25) is 9.97 Å². The van der Waals surface area contributed by atoms with Gasteiger partial charge in [-0.15, -0.1) is 0 Å². The molecule has 0 radical (unpaired) electrons. The largest absolute Gasteiger partial charge is 0.299 e. The molecule has 0 spiro atoms. The highest BCUT2D eigenvalue weighted by molar-refractivity contribution is 5.95. The Kier molecular flexibility index (Phi) is 10.0. The topological polar surface area (TPSA) is 64.5 Å². The second kappa shape index (κ2) is 17.0. The lowest BCUT2D eigenvalue weighted by Crippen LogP contribution is -2.11. The van der Waals surface area contributed by atoms with Gasteiger partial charge in [-0.1, -0.05) is 182 Å². The van der Waals surface area contributed by atoms with Crippen LogP contribution in [0.3, 0.4) is 0 Å². The molecular weight excluding hydrogens is 877 g/mol. The van der Waals surface area contributed by atoms with Crippen LogP contribution < -0.4 is 0 Å². The van der Waals surface area contributed by atoms with Crippen molar-refractivity contribution >= 4 is 21.8 Å². The van der Waals surface area contributed by atoms with Crippen molar-refractivity contribution in [3.05, 3.63) is 248 Å². The van der Waals surface area contributed by atoms with Crippen LogP contribution in [0.4, 0.5) is 8.78 Å². The number of rotatable bonds is 8. The molecule has 0 unspecified atom stereocenters. The zero-order chi connectivity index (χ0) is 47.5. The second-order valence-corrected chi connectivity index (χ2v) is 17.8. The van der Waals surface area contributed by atoms with Crippen LogP contribution in [-0.2, 0) is 5.92 Å². The van der Waals surface area contributed by atoms with Crippen LogP contribution in [0.1, 0.15) is 11.1 Å². The lowest BCUT2D eigenvalue weighted by Gasteiger charge is -2.16. The van der Waals surface area contributed by atoms with Crippen molar-refractivity contribution in [2.24, 2.45) is 0 Å². The lowest BCUT2D eigenvalue weighted by molar-refractivity contribution is 0.0481. The Hall–Kier alpha value is -9.33. The summed E-state index contributed by atoms with van der Waals surface area (Å²) in [4.78, 5) is 23.9. The standard InChI is InChI=1S/C64H39F2N5/c65-64(66)57-38-48(29-31-55(57)56-32-30-49(39-58(56)64)63-70-61(46-11-3-1-4-12-46)69-62(71-63)47-13-5-2-6-14-47)52-36-50(40-21-25-42(26-22-40)53-19-7-15-44-17-9-33-67-59(44)53)35-51(37-52)41-23-27-43(28-24-41)54-20-8-16-45-18-10-34-68-60(45)54/h1-39H. The molecule has 0 bridgehead atoms. The Bertz CT molecular complexity index is 3800. The smallest absolute Gasteiger partial charge is 0.256 e. The van der Waals surface area contributed by atoms with Crippen molar-refractivity contribution in [2.75, 3.05) is 0 Å². The van der Waals surface area contributed by atoms with Crippen LogP contribution in [0, 0.1) is 0 Å². The van der Waals surface area contributed by atoms with Gasteiger partial charge in [0.2, 0.25) is 0 Å². The summed E-state index contributed by atoms with van der Waals surface area (Å²) >= 11 is 0. The van der Waals surface area contributed by atoms with E-state index in [1.807, 2.05) is 103 Å². The van der Waals surface area contributed by atoms with Crippen molar-refractivity contribution in [3.8, 4) is 101 Å². The maximum Gasteiger partial charge on any atom is 0.299 e. The monoisotopic (exact) mass is 915 g/mol. The molecule has 1 aliphatic carbocycles. The maximum absolute atomic E-state index is 17.2. The molecule has 0 saturated carbocycles. The Morgan fingerprint density at radius 3 is 1.13 bits per heavy atom. The van der Waals surface area contributed by atoms with Crippen molar-refractivity contribution < 1.29 is 8.78 Å². The molecule has 13 rings (SSSR count). The van der Waals surface area contributed by atoms with Crippen LogP contribution in [0.2, 0.25) is 0 Å². The van der Waals surface area contributed by atoms with Crippen molar-refractivity contribution in [1.82, 2.24) is 24.9 Å². The van der Waals surface area contributed by atoms with Gasteiger partial charge >= 0.3 is 0 Å². The third kappa shape index (κ3) is 7.52. The number of hydrogen-bond donors (Lipinski definition) is 0. The first-order valence-corrected chi connectivity index (χ1v) is 23.5. The van der Waals surface area contributed by atoms with E-state index in [1.165, 1.54) is 0 Å². The highest BCUT2D eigenvalue weighted by atomic mass is 19.3. The minimum atomic E-state index is -3.30. The molecule has 0 saturated heterocycles. The minimum absolute atomic E-state index is 0.0409. The summed E-state index contributed by atoms with van der Waals surface area (Å²) in [7, 11) is 0. The lowest BCUT2D eigenvalue weighted by atomic mass is 9.90. The molecule has 0 atom stereocenters. The van der Waals surface area contributed by atoms with Crippen LogP contribution in [0.25, 0.3) is 123 Å². The number of benzene rings is 9. The summed E-state index contributed by atoms with van der Waals surface area (Å²) in [5.74, 6) is -2.05. The minimum Gasteiger partial charge on any atom is -0.256 e. The molecular formula is C64H39F2N5. The number of fused-ring (bicyclic) bond motifs is 5. The summed E-state index contributed by atoms with van der Waals surface area (Å²) in [5.41, 5.74) is 14.5. The fourth-order valence-electron chi connectivity index (χ4n) is 9.97. The molecule has 0 fully saturated rings. The molecule has 12 aromatic rings. The van der Waals surface area contributed by atoms with Crippen LogP contribution in [0.5, 0.6) is 0 Å². The number of nitrogens with zero attached hydrogens (tertiary/aromatic N) is 5. The molecule has 9 aromatic carbocycles. The fourth-order valence-corrected chi connectivity index (χ4v) is 9.97. The first-order chi connectivity index (χ1) is 34.9. The molecule has 71 heavy (non-hydrogen) atoms. The van der Waals surface area contributed by atoms with Crippen LogP contribution in [-0.4, -0.2) is 24.9 Å². The van der Waals surface area contributed by atoms with Gasteiger partial charge in [0.25, 0.3) is 5.92 Å². The van der Waals surface area contributed by atoms with Crippen LogP contribution in [0.15, 0.2) is 237 Å². The van der Waals surface area contributed by atoms with Crippen molar-refractivity contribution in [1.29, 1.82) is 0 Å². The second-order valence-electron chi connectivity index (χ2n) is 17.8. The van der Waals surface area contributed by atoms with Gasteiger partial charge < -0.3 is 0 Å². The number of halogens is 2.